The summed E-state index contributed by atoms with van der Waals surface area (Å²) in [6, 6.07) is 4.43. The largest absolute Gasteiger partial charge is 0.281 e. The second-order valence-corrected chi connectivity index (χ2v) is 11.0. The molecule has 0 bridgehead atoms. The van der Waals surface area contributed by atoms with Crippen molar-refractivity contribution in [3.8, 4) is 21.8 Å². The summed E-state index contributed by atoms with van der Waals surface area (Å²) in [6.45, 7) is 8.00. The fourth-order valence-corrected chi connectivity index (χ4v) is 4.60. The van der Waals surface area contributed by atoms with Gasteiger partial charge in [0.15, 0.2) is 5.82 Å². The Balaban J connectivity index is 2.29. The van der Waals surface area contributed by atoms with Gasteiger partial charge in [-0.1, -0.05) is 39.3 Å². The van der Waals surface area contributed by atoms with E-state index in [1.807, 2.05) is 27.7 Å². The van der Waals surface area contributed by atoms with Gasteiger partial charge in [0.05, 0.1) is 33.2 Å². The summed E-state index contributed by atoms with van der Waals surface area (Å²) in [6.07, 6.45) is 3.26. The molecule has 2 aromatic heterocycles. The van der Waals surface area contributed by atoms with Crippen LogP contribution in [-0.4, -0.2) is 29.6 Å². The average Bonchev–Trinajstić information content (AvgIpc) is 3.09. The molecule has 30 heavy (non-hydrogen) atoms. The average molecular weight is 469 g/mol. The molecule has 10 heteroatoms. The van der Waals surface area contributed by atoms with Crippen molar-refractivity contribution in [1.29, 1.82) is 0 Å². The van der Waals surface area contributed by atoms with Gasteiger partial charge in [-0.25, -0.2) is 27.8 Å². The third kappa shape index (κ3) is 4.96. The van der Waals surface area contributed by atoms with Gasteiger partial charge in [0.2, 0.25) is 10.0 Å². The van der Waals surface area contributed by atoms with Crippen molar-refractivity contribution in [2.45, 2.75) is 39.5 Å². The number of aromatic nitrogens is 3. The van der Waals surface area contributed by atoms with Gasteiger partial charge in [-0.2, -0.15) is 0 Å². The highest BCUT2D eigenvalue weighted by atomic mass is 35.5. The second kappa shape index (κ2) is 8.20. The van der Waals surface area contributed by atoms with Crippen LogP contribution in [0.25, 0.3) is 21.8 Å². The van der Waals surface area contributed by atoms with Crippen LogP contribution >= 0.6 is 22.9 Å². The lowest BCUT2D eigenvalue weighted by atomic mass is 9.98. The summed E-state index contributed by atoms with van der Waals surface area (Å²) >= 11 is 7.61. The number of halogens is 2. The summed E-state index contributed by atoms with van der Waals surface area (Å²) in [5, 5.41) is 0.979. The zero-order valence-corrected chi connectivity index (χ0v) is 19.6. The van der Waals surface area contributed by atoms with Crippen LogP contribution in [0.1, 0.15) is 38.5 Å². The Hall–Kier alpha value is -2.10. The highest BCUT2D eigenvalue weighted by Crippen LogP contribution is 2.42. The minimum absolute atomic E-state index is 0.104. The van der Waals surface area contributed by atoms with Crippen LogP contribution in [0.2, 0.25) is 5.02 Å². The first-order valence-electron chi connectivity index (χ1n) is 9.20. The van der Waals surface area contributed by atoms with Crippen LogP contribution in [0.3, 0.4) is 0 Å². The van der Waals surface area contributed by atoms with Gasteiger partial charge in [-0.3, -0.25) is 4.72 Å². The maximum absolute atomic E-state index is 15.4. The fraction of sp³-hybridized carbons (Fsp3) is 0.350. The maximum atomic E-state index is 15.4. The van der Waals surface area contributed by atoms with Crippen LogP contribution in [0.15, 0.2) is 24.4 Å². The van der Waals surface area contributed by atoms with E-state index in [0.29, 0.717) is 28.5 Å². The predicted molar refractivity (Wildman–Crippen MR) is 120 cm³/mol. The Bertz CT molecular complexity index is 1200. The van der Waals surface area contributed by atoms with E-state index < -0.39 is 15.8 Å². The van der Waals surface area contributed by atoms with Gasteiger partial charge in [-0.15, -0.1) is 11.3 Å². The Labute approximate surface area is 184 Å². The number of benzene rings is 1. The first kappa shape index (κ1) is 22.6. The van der Waals surface area contributed by atoms with Crippen molar-refractivity contribution in [3.63, 3.8) is 0 Å². The molecule has 0 spiro atoms. The molecule has 3 aromatic rings. The number of thiazole rings is 1. The highest BCUT2D eigenvalue weighted by molar-refractivity contribution is 7.92. The minimum atomic E-state index is -3.69. The molecule has 0 unspecified atom stereocenters. The molecule has 0 fully saturated rings. The molecule has 2 heterocycles. The van der Waals surface area contributed by atoms with Crippen molar-refractivity contribution in [2.75, 3.05) is 11.0 Å². The van der Waals surface area contributed by atoms with Gasteiger partial charge < -0.3 is 0 Å². The molecule has 0 saturated heterocycles. The second-order valence-electron chi connectivity index (χ2n) is 7.85. The molecule has 0 aliphatic heterocycles. The Morgan fingerprint density at radius 1 is 1.23 bits per heavy atom. The van der Waals surface area contributed by atoms with E-state index in [4.69, 9.17) is 16.6 Å². The molecule has 0 atom stereocenters. The van der Waals surface area contributed by atoms with E-state index >= 15 is 4.39 Å². The molecule has 0 aliphatic carbocycles. The number of aryl methyl sites for hydroxylation is 1. The Morgan fingerprint density at radius 2 is 1.93 bits per heavy atom. The van der Waals surface area contributed by atoms with Gasteiger partial charge >= 0.3 is 0 Å². The summed E-state index contributed by atoms with van der Waals surface area (Å²) in [5.41, 5.74) is 0.589. The number of hydrogen-bond acceptors (Lipinski definition) is 6. The van der Waals surface area contributed by atoms with E-state index in [1.54, 1.807) is 12.3 Å². The molecule has 0 radical (unpaired) electrons. The van der Waals surface area contributed by atoms with Crippen LogP contribution < -0.4 is 4.72 Å². The summed E-state index contributed by atoms with van der Waals surface area (Å²) in [5.74, 6) is -0.0863. The lowest BCUT2D eigenvalue weighted by molar-refractivity contribution is 0.585. The van der Waals surface area contributed by atoms with Gasteiger partial charge in [0.25, 0.3) is 0 Å². The van der Waals surface area contributed by atoms with Crippen LogP contribution in [-0.2, 0) is 21.9 Å². The quantitative estimate of drug-likeness (QED) is 0.549. The van der Waals surface area contributed by atoms with Crippen LogP contribution in [0.4, 0.5) is 10.1 Å². The summed E-state index contributed by atoms with van der Waals surface area (Å²) < 4.78 is 40.8. The minimum Gasteiger partial charge on any atom is -0.281 e. The van der Waals surface area contributed by atoms with Crippen molar-refractivity contribution < 1.29 is 12.8 Å². The normalized spacial score (nSPS) is 12.2. The molecule has 6 nitrogen and oxygen atoms in total. The number of nitrogens with one attached hydrogen (secondary N) is 1. The number of rotatable bonds is 5. The van der Waals surface area contributed by atoms with Crippen molar-refractivity contribution in [1.82, 2.24) is 15.0 Å². The first-order valence-corrected chi connectivity index (χ1v) is 12.3. The molecule has 1 N–H and O–H groups in total. The lowest BCUT2D eigenvalue weighted by Crippen LogP contribution is -2.12. The summed E-state index contributed by atoms with van der Waals surface area (Å²) in [7, 11) is -3.69. The van der Waals surface area contributed by atoms with Gasteiger partial charge in [0.1, 0.15) is 5.82 Å². The number of sulfonamides is 1. The number of hydrogen-bond donors (Lipinski definition) is 1. The van der Waals surface area contributed by atoms with E-state index in [1.165, 1.54) is 23.5 Å². The third-order valence-electron chi connectivity index (χ3n) is 4.11. The maximum Gasteiger partial charge on any atom is 0.229 e. The summed E-state index contributed by atoms with van der Waals surface area (Å²) in [4.78, 5) is 14.2. The van der Waals surface area contributed by atoms with Crippen LogP contribution in [0.5, 0.6) is 0 Å². The molecule has 3 rings (SSSR count). The number of anilines is 1. The van der Waals surface area contributed by atoms with E-state index in [9.17, 15) is 8.42 Å². The molecular weight excluding hydrogens is 447 g/mol. The molecule has 0 aliphatic rings. The van der Waals surface area contributed by atoms with E-state index in [2.05, 4.69) is 14.7 Å². The first-order chi connectivity index (χ1) is 13.9. The van der Waals surface area contributed by atoms with Gasteiger partial charge in [0, 0.05) is 28.6 Å². The Kier molecular flexibility index (Phi) is 6.18. The highest BCUT2D eigenvalue weighted by Gasteiger charge is 2.26. The topological polar surface area (TPSA) is 84.8 Å². The monoisotopic (exact) mass is 468 g/mol. The van der Waals surface area contributed by atoms with Gasteiger partial charge in [-0.05, 0) is 18.2 Å². The smallest absolute Gasteiger partial charge is 0.229 e. The number of nitrogens with zero attached hydrogens (tertiary/aromatic N) is 3. The molecular formula is C20H22ClFN4O2S2. The van der Waals surface area contributed by atoms with Crippen LogP contribution in [0, 0.1) is 5.82 Å². The van der Waals surface area contributed by atoms with Crippen molar-refractivity contribution in [2.24, 2.45) is 0 Å². The van der Waals surface area contributed by atoms with E-state index in [-0.39, 0.29) is 21.7 Å². The third-order valence-corrected chi connectivity index (χ3v) is 6.42. The lowest BCUT2D eigenvalue weighted by Gasteiger charge is -2.13. The fourth-order valence-electron chi connectivity index (χ4n) is 2.73. The SMILES string of the molecule is CCc1nccc(-c2sc(C(C)(C)C)nc2-c2cc(Cl)cc(NS(C)(=O)=O)c2F)n1. The standard InChI is InChI=1S/C20H22ClFN4O2S2/c1-6-15-23-8-7-13(24-15)18-17(25-19(29-18)20(2,3)4)12-9-11(21)10-14(16(12)22)26-30(5,27)28/h7-10,26H,6H2,1-5H3. The molecule has 1 aromatic carbocycles. The molecule has 0 amide bonds. The molecule has 160 valence electrons. The Morgan fingerprint density at radius 3 is 2.53 bits per heavy atom. The molecule has 0 saturated carbocycles. The van der Waals surface area contributed by atoms with Crippen molar-refractivity contribution >= 4 is 38.6 Å². The van der Waals surface area contributed by atoms with Crippen molar-refractivity contribution in [3.05, 3.63) is 46.1 Å². The zero-order valence-electron chi connectivity index (χ0n) is 17.2. The van der Waals surface area contributed by atoms with E-state index in [0.717, 1.165) is 11.3 Å². The predicted octanol–water partition coefficient (Wildman–Crippen LogP) is 5.29. The zero-order chi connectivity index (χ0) is 22.3.